The third-order valence-corrected chi connectivity index (χ3v) is 1.89. The Bertz CT molecular complexity index is 405. The number of ether oxygens (including phenoxy) is 1. The highest BCUT2D eigenvalue weighted by Gasteiger charge is 2.58. The molecular weight excluding hydrogens is 247 g/mol. The van der Waals surface area contributed by atoms with E-state index in [1.165, 1.54) is 6.07 Å². The summed E-state index contributed by atoms with van der Waals surface area (Å²) < 4.78 is 64.7. The number of nitrogens with two attached hydrogens (primary N) is 2. The molecule has 0 aliphatic rings. The quantitative estimate of drug-likeness (QED) is 0.645. The Morgan fingerprint density at radius 2 is 1.59 bits per heavy atom. The van der Waals surface area contributed by atoms with Crippen molar-refractivity contribution in [2.75, 3.05) is 18.1 Å². The monoisotopic (exact) mass is 256 g/mol. The van der Waals surface area contributed by atoms with Crippen molar-refractivity contribution in [1.82, 2.24) is 0 Å². The Morgan fingerprint density at radius 1 is 1.00 bits per heavy atom. The summed E-state index contributed by atoms with van der Waals surface area (Å²) in [6.07, 6.45) is -5.65. The van der Waals surface area contributed by atoms with Gasteiger partial charge in [-0.15, -0.1) is 0 Å². The molecule has 3 nitrogen and oxygen atoms in total. The van der Waals surface area contributed by atoms with Gasteiger partial charge in [-0.25, -0.2) is 0 Å². The van der Waals surface area contributed by atoms with Gasteiger partial charge >= 0.3 is 12.1 Å². The fraction of sp³-hybridized carbons (Fsp3) is 0.333. The van der Waals surface area contributed by atoms with Crippen LogP contribution in [0.3, 0.4) is 0 Å². The van der Waals surface area contributed by atoms with Gasteiger partial charge in [0.05, 0.1) is 11.4 Å². The van der Waals surface area contributed by atoms with Crippen LogP contribution in [0.5, 0.6) is 5.75 Å². The lowest BCUT2D eigenvalue weighted by Crippen LogP contribution is -2.41. The summed E-state index contributed by atoms with van der Waals surface area (Å²) in [5.74, 6) is -5.12. The second kappa shape index (κ2) is 4.27. The van der Waals surface area contributed by atoms with E-state index in [1.807, 2.05) is 0 Å². The molecule has 0 aliphatic carbocycles. The lowest BCUT2D eigenvalue weighted by atomic mass is 10.2. The maximum Gasteiger partial charge on any atom is 0.456 e. The highest BCUT2D eigenvalue weighted by Crippen LogP contribution is 2.36. The highest BCUT2D eigenvalue weighted by atomic mass is 19.4. The first kappa shape index (κ1) is 13.3. The number of nitrogen functional groups attached to an aromatic ring is 2. The molecule has 0 radical (unpaired) electrons. The number of hydrogen-bond acceptors (Lipinski definition) is 3. The highest BCUT2D eigenvalue weighted by molar-refractivity contribution is 5.65. The van der Waals surface area contributed by atoms with Gasteiger partial charge in [-0.3, -0.25) is 0 Å². The molecule has 1 aromatic carbocycles. The fourth-order valence-electron chi connectivity index (χ4n) is 0.898. The first-order valence-corrected chi connectivity index (χ1v) is 4.36. The van der Waals surface area contributed by atoms with E-state index in [-0.39, 0.29) is 17.1 Å². The molecule has 0 aromatic heterocycles. The van der Waals surface area contributed by atoms with Crippen molar-refractivity contribution in [2.24, 2.45) is 0 Å². The molecule has 8 heteroatoms. The summed E-state index contributed by atoms with van der Waals surface area (Å²) in [7, 11) is 0. The third kappa shape index (κ3) is 3.11. The van der Waals surface area contributed by atoms with Gasteiger partial charge in [0.1, 0.15) is 5.75 Å². The molecule has 0 atom stereocenters. The molecule has 0 spiro atoms. The van der Waals surface area contributed by atoms with Crippen LogP contribution in [0.1, 0.15) is 0 Å². The molecule has 0 saturated carbocycles. The summed E-state index contributed by atoms with van der Waals surface area (Å²) >= 11 is 0. The second-order valence-corrected chi connectivity index (χ2v) is 3.28. The number of anilines is 2. The van der Waals surface area contributed by atoms with Crippen molar-refractivity contribution in [3.63, 3.8) is 0 Å². The van der Waals surface area contributed by atoms with Crippen LogP contribution in [0.15, 0.2) is 18.2 Å². The SMILES string of the molecule is Nc1ccc(OCC(F)(F)C(F)(F)F)cc1N. The molecule has 0 amide bonds. The van der Waals surface area contributed by atoms with Gasteiger partial charge in [0.15, 0.2) is 6.61 Å². The predicted molar refractivity (Wildman–Crippen MR) is 51.8 cm³/mol. The average molecular weight is 256 g/mol. The molecule has 96 valence electrons. The Morgan fingerprint density at radius 3 is 2.06 bits per heavy atom. The first-order chi connectivity index (χ1) is 7.63. The molecule has 0 heterocycles. The number of halogens is 5. The molecule has 0 unspecified atom stereocenters. The molecule has 0 fully saturated rings. The summed E-state index contributed by atoms with van der Waals surface area (Å²) in [6.45, 7) is -1.81. The fourth-order valence-corrected chi connectivity index (χ4v) is 0.898. The van der Waals surface area contributed by atoms with E-state index in [4.69, 9.17) is 11.5 Å². The van der Waals surface area contributed by atoms with Gasteiger partial charge in [-0.1, -0.05) is 0 Å². The Labute approximate surface area is 93.1 Å². The van der Waals surface area contributed by atoms with E-state index in [1.54, 1.807) is 0 Å². The Balaban J connectivity index is 2.71. The smallest absolute Gasteiger partial charge is 0.456 e. The lowest BCUT2D eigenvalue weighted by Gasteiger charge is -2.19. The van der Waals surface area contributed by atoms with Gasteiger partial charge in [-0.2, -0.15) is 22.0 Å². The predicted octanol–water partition coefficient (Wildman–Crippen LogP) is 2.43. The molecule has 0 saturated heterocycles. The number of benzene rings is 1. The number of alkyl halides is 5. The number of hydrogen-bond donors (Lipinski definition) is 2. The third-order valence-electron chi connectivity index (χ3n) is 1.89. The zero-order valence-electron chi connectivity index (χ0n) is 8.39. The van der Waals surface area contributed by atoms with Crippen LogP contribution in [0.2, 0.25) is 0 Å². The van der Waals surface area contributed by atoms with Crippen LogP contribution >= 0.6 is 0 Å². The Hall–Kier alpha value is -1.73. The Kier molecular flexibility index (Phi) is 3.35. The van der Waals surface area contributed by atoms with Crippen LogP contribution in [0.25, 0.3) is 0 Å². The van der Waals surface area contributed by atoms with Crippen LogP contribution in [-0.2, 0) is 0 Å². The van der Waals surface area contributed by atoms with Gasteiger partial charge < -0.3 is 16.2 Å². The van der Waals surface area contributed by atoms with Crippen LogP contribution in [0.4, 0.5) is 33.3 Å². The van der Waals surface area contributed by atoms with Gasteiger partial charge in [0.2, 0.25) is 0 Å². The van der Waals surface area contributed by atoms with Crippen molar-refractivity contribution >= 4 is 11.4 Å². The van der Waals surface area contributed by atoms with E-state index in [0.29, 0.717) is 0 Å². The second-order valence-electron chi connectivity index (χ2n) is 3.28. The minimum atomic E-state index is -5.65. The maximum atomic E-state index is 12.5. The summed E-state index contributed by atoms with van der Waals surface area (Å²) in [5.41, 5.74) is 10.9. The van der Waals surface area contributed by atoms with Gasteiger partial charge in [0, 0.05) is 6.07 Å². The van der Waals surface area contributed by atoms with E-state index in [2.05, 4.69) is 4.74 Å². The zero-order chi connectivity index (χ0) is 13.3. The summed E-state index contributed by atoms with van der Waals surface area (Å²) in [5, 5.41) is 0. The molecular formula is C9H9F5N2O. The van der Waals surface area contributed by atoms with Crippen molar-refractivity contribution in [1.29, 1.82) is 0 Å². The molecule has 17 heavy (non-hydrogen) atoms. The molecule has 0 aliphatic heterocycles. The maximum absolute atomic E-state index is 12.5. The zero-order valence-corrected chi connectivity index (χ0v) is 8.39. The normalized spacial score (nSPS) is 12.5. The molecule has 1 rings (SSSR count). The van der Waals surface area contributed by atoms with E-state index in [0.717, 1.165) is 12.1 Å². The summed E-state index contributed by atoms with van der Waals surface area (Å²) in [6, 6.07) is 3.47. The first-order valence-electron chi connectivity index (χ1n) is 4.36. The van der Waals surface area contributed by atoms with Gasteiger partial charge in [-0.05, 0) is 12.1 Å². The van der Waals surface area contributed by atoms with Crippen LogP contribution < -0.4 is 16.2 Å². The van der Waals surface area contributed by atoms with Crippen molar-refractivity contribution < 1.29 is 26.7 Å². The van der Waals surface area contributed by atoms with Crippen LogP contribution in [0, 0.1) is 0 Å². The minimum absolute atomic E-state index is 0.0397. The topological polar surface area (TPSA) is 61.3 Å². The standard InChI is InChI=1S/C9H9F5N2O/c10-8(11,9(12,13)14)4-17-5-1-2-6(15)7(16)3-5/h1-3H,4,15-16H2. The van der Waals surface area contributed by atoms with Crippen molar-refractivity contribution in [3.05, 3.63) is 18.2 Å². The lowest BCUT2D eigenvalue weighted by molar-refractivity contribution is -0.290. The molecule has 1 aromatic rings. The molecule has 4 N–H and O–H groups in total. The largest absolute Gasteiger partial charge is 0.487 e. The average Bonchev–Trinajstić information content (AvgIpc) is 2.18. The molecule has 0 bridgehead atoms. The van der Waals surface area contributed by atoms with E-state index < -0.39 is 18.7 Å². The number of rotatable bonds is 3. The van der Waals surface area contributed by atoms with Crippen molar-refractivity contribution in [2.45, 2.75) is 12.1 Å². The van der Waals surface area contributed by atoms with E-state index in [9.17, 15) is 22.0 Å². The van der Waals surface area contributed by atoms with E-state index >= 15 is 0 Å². The van der Waals surface area contributed by atoms with Crippen molar-refractivity contribution in [3.8, 4) is 5.75 Å². The summed E-state index contributed by atoms with van der Waals surface area (Å²) in [4.78, 5) is 0. The van der Waals surface area contributed by atoms with Gasteiger partial charge in [0.25, 0.3) is 0 Å². The van der Waals surface area contributed by atoms with Crippen LogP contribution in [-0.4, -0.2) is 18.7 Å². The minimum Gasteiger partial charge on any atom is -0.487 e.